The van der Waals surface area contributed by atoms with E-state index in [2.05, 4.69) is 12.1 Å². The summed E-state index contributed by atoms with van der Waals surface area (Å²) in [6.07, 6.45) is 8.25. The summed E-state index contributed by atoms with van der Waals surface area (Å²) in [4.78, 5) is 10.8. The van der Waals surface area contributed by atoms with Crippen LogP contribution in [-0.2, 0) is 4.79 Å². The van der Waals surface area contributed by atoms with Crippen molar-refractivity contribution in [2.45, 2.75) is 63.2 Å². The standard InChI is InChI=1S/C13H15ClO2.C13H17ClO/c14-12-7-5-10(6-8-12)9-1-3-11(4-2-9)13(15)16;14-13-7-5-12(6-8-13)11-3-1-10(9-15)2-4-11/h5-9,11H,1-4H2,(H,15,16);5-8,10-11,15H,1-4,9H2. The van der Waals surface area contributed by atoms with Crippen LogP contribution in [0.2, 0.25) is 10.0 Å². The molecule has 2 aromatic carbocycles. The molecule has 0 spiro atoms. The topological polar surface area (TPSA) is 57.5 Å². The number of aliphatic hydroxyl groups excluding tert-OH is 1. The zero-order valence-electron chi connectivity index (χ0n) is 17.9. The lowest BCUT2D eigenvalue weighted by Crippen LogP contribution is -2.20. The van der Waals surface area contributed by atoms with Crippen molar-refractivity contribution in [3.8, 4) is 0 Å². The van der Waals surface area contributed by atoms with Gasteiger partial charge in [-0.05, 0) is 105 Å². The molecule has 2 saturated carbocycles. The van der Waals surface area contributed by atoms with Crippen LogP contribution in [0.3, 0.4) is 0 Å². The molecule has 2 aliphatic carbocycles. The molecule has 2 aliphatic rings. The van der Waals surface area contributed by atoms with Gasteiger partial charge in [0.1, 0.15) is 0 Å². The highest BCUT2D eigenvalue weighted by molar-refractivity contribution is 6.30. The Bertz CT molecular complexity index is 804. The number of carboxylic acid groups (broad SMARTS) is 1. The van der Waals surface area contributed by atoms with Crippen LogP contribution >= 0.6 is 23.2 Å². The van der Waals surface area contributed by atoms with Crippen molar-refractivity contribution in [3.05, 3.63) is 69.7 Å². The number of benzene rings is 2. The van der Waals surface area contributed by atoms with Crippen LogP contribution in [0.1, 0.15) is 74.3 Å². The highest BCUT2D eigenvalue weighted by atomic mass is 35.5. The third kappa shape index (κ3) is 7.24. The molecule has 168 valence electrons. The number of carboxylic acids is 1. The van der Waals surface area contributed by atoms with Gasteiger partial charge in [0, 0.05) is 16.7 Å². The van der Waals surface area contributed by atoms with Gasteiger partial charge in [-0.1, -0.05) is 47.5 Å². The molecular weight excluding hydrogens is 431 g/mol. The van der Waals surface area contributed by atoms with Gasteiger partial charge in [0.2, 0.25) is 0 Å². The highest BCUT2D eigenvalue weighted by Crippen LogP contribution is 2.37. The minimum absolute atomic E-state index is 0.136. The molecule has 5 heteroatoms. The lowest BCUT2D eigenvalue weighted by molar-refractivity contribution is -0.142. The van der Waals surface area contributed by atoms with Crippen molar-refractivity contribution in [1.29, 1.82) is 0 Å². The van der Waals surface area contributed by atoms with Crippen molar-refractivity contribution < 1.29 is 15.0 Å². The molecule has 0 bridgehead atoms. The number of hydrogen-bond donors (Lipinski definition) is 2. The van der Waals surface area contributed by atoms with Gasteiger partial charge in [-0.3, -0.25) is 4.79 Å². The minimum Gasteiger partial charge on any atom is -0.481 e. The Morgan fingerprint density at radius 3 is 1.45 bits per heavy atom. The fourth-order valence-corrected chi connectivity index (χ4v) is 5.07. The van der Waals surface area contributed by atoms with E-state index in [-0.39, 0.29) is 5.92 Å². The molecule has 0 atom stereocenters. The summed E-state index contributed by atoms with van der Waals surface area (Å²) in [5.41, 5.74) is 2.68. The quantitative estimate of drug-likeness (QED) is 0.500. The summed E-state index contributed by atoms with van der Waals surface area (Å²) < 4.78 is 0. The zero-order chi connectivity index (χ0) is 22.2. The molecule has 2 aromatic rings. The Kier molecular flexibility index (Phi) is 9.25. The van der Waals surface area contributed by atoms with Crippen LogP contribution in [-0.4, -0.2) is 22.8 Å². The Morgan fingerprint density at radius 2 is 1.10 bits per heavy atom. The van der Waals surface area contributed by atoms with Crippen molar-refractivity contribution in [3.63, 3.8) is 0 Å². The molecule has 0 amide bonds. The van der Waals surface area contributed by atoms with Crippen LogP contribution in [0.5, 0.6) is 0 Å². The van der Waals surface area contributed by atoms with Crippen molar-refractivity contribution in [2.75, 3.05) is 6.61 Å². The first-order valence-corrected chi connectivity index (χ1v) is 12.1. The second-order valence-electron chi connectivity index (χ2n) is 8.89. The van der Waals surface area contributed by atoms with Crippen molar-refractivity contribution in [2.24, 2.45) is 11.8 Å². The van der Waals surface area contributed by atoms with E-state index in [0.717, 1.165) is 48.6 Å². The summed E-state index contributed by atoms with van der Waals surface area (Å²) in [6, 6.07) is 16.1. The first kappa shape index (κ1) is 24.1. The number of aliphatic carboxylic acids is 1. The molecule has 2 fully saturated rings. The van der Waals surface area contributed by atoms with Crippen LogP contribution in [0.4, 0.5) is 0 Å². The second kappa shape index (κ2) is 11.9. The van der Waals surface area contributed by atoms with E-state index in [4.69, 9.17) is 33.4 Å². The lowest BCUT2D eigenvalue weighted by Gasteiger charge is -2.27. The predicted molar refractivity (Wildman–Crippen MR) is 127 cm³/mol. The molecule has 0 radical (unpaired) electrons. The molecule has 0 aliphatic heterocycles. The average Bonchev–Trinajstić information content (AvgIpc) is 2.81. The summed E-state index contributed by atoms with van der Waals surface area (Å²) >= 11 is 11.7. The molecule has 0 saturated heterocycles. The summed E-state index contributed by atoms with van der Waals surface area (Å²) in [7, 11) is 0. The fraction of sp³-hybridized carbons (Fsp3) is 0.500. The first-order valence-electron chi connectivity index (χ1n) is 11.3. The third-order valence-corrected chi connectivity index (χ3v) is 7.37. The van der Waals surface area contributed by atoms with Crippen LogP contribution in [0.15, 0.2) is 48.5 Å². The highest BCUT2D eigenvalue weighted by Gasteiger charge is 2.26. The Morgan fingerprint density at radius 1 is 0.710 bits per heavy atom. The number of carbonyl (C=O) groups is 1. The predicted octanol–water partition coefficient (Wildman–Crippen LogP) is 7.30. The van der Waals surface area contributed by atoms with Gasteiger partial charge in [-0.15, -0.1) is 0 Å². The van der Waals surface area contributed by atoms with Crippen LogP contribution in [0, 0.1) is 11.8 Å². The summed E-state index contributed by atoms with van der Waals surface area (Å²) in [6.45, 7) is 0.355. The second-order valence-corrected chi connectivity index (χ2v) is 9.76. The third-order valence-electron chi connectivity index (χ3n) is 6.86. The Labute approximate surface area is 195 Å². The van der Waals surface area contributed by atoms with E-state index in [1.807, 2.05) is 36.4 Å². The Balaban J connectivity index is 0.000000176. The number of halogens is 2. The maximum Gasteiger partial charge on any atom is 0.306 e. The molecule has 0 aromatic heterocycles. The zero-order valence-corrected chi connectivity index (χ0v) is 19.4. The molecule has 3 nitrogen and oxygen atoms in total. The van der Waals surface area contributed by atoms with E-state index in [9.17, 15) is 4.79 Å². The smallest absolute Gasteiger partial charge is 0.306 e. The normalized spacial score (nSPS) is 25.9. The molecule has 31 heavy (non-hydrogen) atoms. The van der Waals surface area contributed by atoms with E-state index in [1.165, 1.54) is 24.0 Å². The Hall–Kier alpha value is -1.55. The van der Waals surface area contributed by atoms with Gasteiger partial charge in [0.05, 0.1) is 5.92 Å². The van der Waals surface area contributed by atoms with Gasteiger partial charge in [0.15, 0.2) is 0 Å². The monoisotopic (exact) mass is 462 g/mol. The number of aliphatic hydroxyl groups is 1. The maximum absolute atomic E-state index is 10.8. The van der Waals surface area contributed by atoms with Gasteiger partial charge in [-0.25, -0.2) is 0 Å². The summed E-state index contributed by atoms with van der Waals surface area (Å²) in [5, 5.41) is 19.5. The van der Waals surface area contributed by atoms with E-state index < -0.39 is 5.97 Å². The minimum atomic E-state index is -0.644. The van der Waals surface area contributed by atoms with E-state index in [0.29, 0.717) is 24.4 Å². The fourth-order valence-electron chi connectivity index (χ4n) is 4.82. The van der Waals surface area contributed by atoms with Crippen LogP contribution < -0.4 is 0 Å². The summed E-state index contributed by atoms with van der Waals surface area (Å²) in [5.74, 6) is 0.935. The average molecular weight is 463 g/mol. The maximum atomic E-state index is 10.8. The number of hydrogen-bond acceptors (Lipinski definition) is 2. The molecular formula is C26H32Cl2O3. The largest absolute Gasteiger partial charge is 0.481 e. The lowest BCUT2D eigenvalue weighted by atomic mass is 9.79. The van der Waals surface area contributed by atoms with Gasteiger partial charge in [0.25, 0.3) is 0 Å². The van der Waals surface area contributed by atoms with Crippen molar-refractivity contribution >= 4 is 29.2 Å². The van der Waals surface area contributed by atoms with E-state index >= 15 is 0 Å². The van der Waals surface area contributed by atoms with Crippen LogP contribution in [0.25, 0.3) is 0 Å². The van der Waals surface area contributed by atoms with E-state index in [1.54, 1.807) is 0 Å². The first-order chi connectivity index (χ1) is 15.0. The van der Waals surface area contributed by atoms with Gasteiger partial charge < -0.3 is 10.2 Å². The van der Waals surface area contributed by atoms with Gasteiger partial charge in [-0.2, -0.15) is 0 Å². The molecule has 2 N–H and O–H groups in total. The molecule has 0 unspecified atom stereocenters. The molecule has 0 heterocycles. The molecule has 4 rings (SSSR count). The van der Waals surface area contributed by atoms with Crippen molar-refractivity contribution in [1.82, 2.24) is 0 Å². The van der Waals surface area contributed by atoms with Gasteiger partial charge >= 0.3 is 5.97 Å². The SMILES string of the molecule is O=C(O)C1CCC(c2ccc(Cl)cc2)CC1.OCC1CCC(c2ccc(Cl)cc2)CC1. The number of rotatable bonds is 4.